The van der Waals surface area contributed by atoms with Crippen LogP contribution in [0.3, 0.4) is 0 Å². The van der Waals surface area contributed by atoms with Crippen molar-refractivity contribution in [1.82, 2.24) is 15.1 Å². The molecule has 0 fully saturated rings. The molecule has 13 heavy (non-hydrogen) atoms. The van der Waals surface area contributed by atoms with Gasteiger partial charge in [-0.15, -0.1) is 0 Å². The third-order valence-electron chi connectivity index (χ3n) is 1.58. The van der Waals surface area contributed by atoms with Crippen LogP contribution >= 0.6 is 0 Å². The molecule has 0 aliphatic rings. The van der Waals surface area contributed by atoms with E-state index in [4.69, 9.17) is 0 Å². The van der Waals surface area contributed by atoms with Crippen molar-refractivity contribution in [2.75, 3.05) is 18.9 Å². The summed E-state index contributed by atoms with van der Waals surface area (Å²) in [6.45, 7) is 0.679. The van der Waals surface area contributed by atoms with Crippen molar-refractivity contribution in [3.8, 4) is 0 Å². The number of carbonyl (C=O) groups excluding carboxylic acids is 1. The molecule has 0 bridgehead atoms. The van der Waals surface area contributed by atoms with Gasteiger partial charge in [-0.1, -0.05) is 0 Å². The first-order valence-corrected chi connectivity index (χ1v) is 4.16. The summed E-state index contributed by atoms with van der Waals surface area (Å²) in [6.07, 6.45) is 2.25. The highest BCUT2D eigenvalue weighted by Crippen LogP contribution is 2.00. The predicted octanol–water partition coefficient (Wildman–Crippen LogP) is -0.0319. The van der Waals surface area contributed by atoms with Gasteiger partial charge in [0.15, 0.2) is 5.82 Å². The zero-order valence-corrected chi connectivity index (χ0v) is 7.87. The van der Waals surface area contributed by atoms with Crippen LogP contribution in [-0.4, -0.2) is 29.3 Å². The first kappa shape index (κ1) is 9.73. The van der Waals surface area contributed by atoms with Crippen molar-refractivity contribution in [3.05, 3.63) is 12.3 Å². The quantitative estimate of drug-likeness (QED) is 0.687. The smallest absolute Gasteiger partial charge is 0.226 e. The average molecular weight is 182 g/mol. The highest BCUT2D eigenvalue weighted by atomic mass is 16.1. The van der Waals surface area contributed by atoms with Gasteiger partial charge in [-0.05, 0) is 7.05 Å². The molecule has 1 heterocycles. The highest BCUT2D eigenvalue weighted by molar-refractivity contribution is 5.89. The fourth-order valence-electron chi connectivity index (χ4n) is 0.926. The molecule has 0 saturated carbocycles. The van der Waals surface area contributed by atoms with Gasteiger partial charge in [0.2, 0.25) is 5.91 Å². The molecule has 1 rings (SSSR count). The Kier molecular flexibility index (Phi) is 3.45. The Balaban J connectivity index is 2.36. The Bertz CT molecular complexity index is 281. The first-order chi connectivity index (χ1) is 6.22. The molecule has 5 heteroatoms. The monoisotopic (exact) mass is 182 g/mol. The van der Waals surface area contributed by atoms with Crippen molar-refractivity contribution in [2.45, 2.75) is 6.42 Å². The molecule has 0 aliphatic heterocycles. The molecule has 1 aromatic rings. The Morgan fingerprint density at radius 1 is 1.69 bits per heavy atom. The lowest BCUT2D eigenvalue weighted by atomic mass is 10.4. The van der Waals surface area contributed by atoms with Gasteiger partial charge in [-0.2, -0.15) is 5.10 Å². The van der Waals surface area contributed by atoms with Crippen LogP contribution in [0.1, 0.15) is 6.42 Å². The van der Waals surface area contributed by atoms with E-state index in [0.717, 1.165) is 0 Å². The van der Waals surface area contributed by atoms with E-state index in [1.165, 1.54) is 0 Å². The van der Waals surface area contributed by atoms with Gasteiger partial charge in [-0.25, -0.2) is 0 Å². The van der Waals surface area contributed by atoms with Crippen molar-refractivity contribution in [1.29, 1.82) is 0 Å². The molecule has 0 radical (unpaired) electrons. The van der Waals surface area contributed by atoms with Crippen molar-refractivity contribution in [3.63, 3.8) is 0 Å². The normalized spacial score (nSPS) is 10.0. The lowest BCUT2D eigenvalue weighted by molar-refractivity contribution is -0.116. The molecule has 2 N–H and O–H groups in total. The SMILES string of the molecule is CNCCC(=O)Nc1ccn(C)n1. The van der Waals surface area contributed by atoms with Crippen LogP contribution in [0.2, 0.25) is 0 Å². The third kappa shape index (κ3) is 3.25. The van der Waals surface area contributed by atoms with E-state index >= 15 is 0 Å². The molecule has 1 amide bonds. The average Bonchev–Trinajstić information content (AvgIpc) is 2.48. The molecule has 0 aliphatic carbocycles. The molecule has 72 valence electrons. The molecular weight excluding hydrogens is 168 g/mol. The summed E-state index contributed by atoms with van der Waals surface area (Å²) >= 11 is 0. The first-order valence-electron chi connectivity index (χ1n) is 4.16. The van der Waals surface area contributed by atoms with Gasteiger partial charge in [-0.3, -0.25) is 9.48 Å². The highest BCUT2D eigenvalue weighted by Gasteiger charge is 2.02. The number of anilines is 1. The zero-order valence-electron chi connectivity index (χ0n) is 7.87. The van der Waals surface area contributed by atoms with E-state index in [0.29, 0.717) is 18.8 Å². The Hall–Kier alpha value is -1.36. The van der Waals surface area contributed by atoms with E-state index in [1.54, 1.807) is 16.9 Å². The number of hydrogen-bond acceptors (Lipinski definition) is 3. The molecular formula is C8H14N4O. The molecule has 5 nitrogen and oxygen atoms in total. The lowest BCUT2D eigenvalue weighted by Gasteiger charge is -2.00. The minimum atomic E-state index is -0.0203. The van der Waals surface area contributed by atoms with Crippen LogP contribution in [-0.2, 0) is 11.8 Å². The fourth-order valence-corrected chi connectivity index (χ4v) is 0.926. The number of amides is 1. The van der Waals surface area contributed by atoms with Crippen LogP contribution in [0.5, 0.6) is 0 Å². The van der Waals surface area contributed by atoms with Gasteiger partial charge in [0.05, 0.1) is 0 Å². The largest absolute Gasteiger partial charge is 0.319 e. The third-order valence-corrected chi connectivity index (χ3v) is 1.58. The van der Waals surface area contributed by atoms with E-state index in [1.807, 2.05) is 14.1 Å². The second-order valence-corrected chi connectivity index (χ2v) is 2.78. The van der Waals surface area contributed by atoms with Crippen molar-refractivity contribution < 1.29 is 4.79 Å². The zero-order chi connectivity index (χ0) is 9.68. The maximum atomic E-state index is 11.2. The number of aryl methyl sites for hydroxylation is 1. The second kappa shape index (κ2) is 4.61. The molecule has 1 aromatic heterocycles. The Morgan fingerprint density at radius 3 is 3.00 bits per heavy atom. The van der Waals surface area contributed by atoms with E-state index in [-0.39, 0.29) is 5.91 Å². The Labute approximate surface area is 77.1 Å². The van der Waals surface area contributed by atoms with Gasteiger partial charge in [0.25, 0.3) is 0 Å². The fraction of sp³-hybridized carbons (Fsp3) is 0.500. The van der Waals surface area contributed by atoms with Crippen LogP contribution in [0.15, 0.2) is 12.3 Å². The van der Waals surface area contributed by atoms with Crippen LogP contribution in [0.4, 0.5) is 5.82 Å². The van der Waals surface area contributed by atoms with Crippen LogP contribution in [0.25, 0.3) is 0 Å². The summed E-state index contributed by atoms with van der Waals surface area (Å²) in [4.78, 5) is 11.2. The minimum absolute atomic E-state index is 0.0203. The predicted molar refractivity (Wildman–Crippen MR) is 50.4 cm³/mol. The van der Waals surface area contributed by atoms with Crippen molar-refractivity contribution >= 4 is 11.7 Å². The van der Waals surface area contributed by atoms with Crippen LogP contribution < -0.4 is 10.6 Å². The number of hydrogen-bond donors (Lipinski definition) is 2. The summed E-state index contributed by atoms with van der Waals surface area (Å²) in [6, 6.07) is 1.76. The molecule has 0 unspecified atom stereocenters. The lowest BCUT2D eigenvalue weighted by Crippen LogP contribution is -2.18. The van der Waals surface area contributed by atoms with E-state index < -0.39 is 0 Å². The van der Waals surface area contributed by atoms with Crippen molar-refractivity contribution in [2.24, 2.45) is 7.05 Å². The van der Waals surface area contributed by atoms with Gasteiger partial charge >= 0.3 is 0 Å². The van der Waals surface area contributed by atoms with E-state index in [9.17, 15) is 4.79 Å². The van der Waals surface area contributed by atoms with Gasteiger partial charge in [0, 0.05) is 32.3 Å². The summed E-state index contributed by atoms with van der Waals surface area (Å²) in [5.74, 6) is 0.580. The molecule has 0 atom stereocenters. The summed E-state index contributed by atoms with van der Waals surface area (Å²) in [5.41, 5.74) is 0. The summed E-state index contributed by atoms with van der Waals surface area (Å²) in [7, 11) is 3.62. The van der Waals surface area contributed by atoms with Gasteiger partial charge < -0.3 is 10.6 Å². The second-order valence-electron chi connectivity index (χ2n) is 2.78. The summed E-state index contributed by atoms with van der Waals surface area (Å²) < 4.78 is 1.65. The topological polar surface area (TPSA) is 59.0 Å². The van der Waals surface area contributed by atoms with Gasteiger partial charge in [0.1, 0.15) is 0 Å². The molecule has 0 saturated heterocycles. The molecule has 0 spiro atoms. The van der Waals surface area contributed by atoms with E-state index in [2.05, 4.69) is 15.7 Å². The number of aromatic nitrogens is 2. The number of nitrogens with one attached hydrogen (secondary N) is 2. The van der Waals surface area contributed by atoms with Crippen LogP contribution in [0, 0.1) is 0 Å². The number of carbonyl (C=O) groups is 1. The Morgan fingerprint density at radius 2 is 2.46 bits per heavy atom. The number of nitrogens with zero attached hydrogens (tertiary/aromatic N) is 2. The summed E-state index contributed by atoms with van der Waals surface area (Å²) in [5, 5.41) is 9.61. The molecule has 0 aromatic carbocycles. The standard InChI is InChI=1S/C8H14N4O/c1-9-5-3-8(13)10-7-4-6-12(2)11-7/h4,6,9H,3,5H2,1-2H3,(H,10,11,13). The number of rotatable bonds is 4. The minimum Gasteiger partial charge on any atom is -0.319 e. The maximum Gasteiger partial charge on any atom is 0.226 e. The maximum absolute atomic E-state index is 11.2.